The third kappa shape index (κ3) is 6.28. The molecule has 0 spiro atoms. The van der Waals surface area contributed by atoms with Crippen molar-refractivity contribution >= 4 is 5.78 Å². The van der Waals surface area contributed by atoms with Crippen molar-refractivity contribution in [1.29, 1.82) is 0 Å². The molecule has 0 aromatic carbocycles. The lowest BCUT2D eigenvalue weighted by Crippen LogP contribution is -2.22. The van der Waals surface area contributed by atoms with Gasteiger partial charge in [-0.15, -0.1) is 0 Å². The molecule has 0 aliphatic carbocycles. The second-order valence-corrected chi connectivity index (χ2v) is 5.50. The number of aliphatic hydroxyl groups excluding tert-OH is 3. The fourth-order valence-electron chi connectivity index (χ4n) is 1.59. The summed E-state index contributed by atoms with van der Waals surface area (Å²) in [4.78, 5) is 11.4. The van der Waals surface area contributed by atoms with Gasteiger partial charge in [0.25, 0.3) is 0 Å². The van der Waals surface area contributed by atoms with Crippen LogP contribution < -0.4 is 0 Å². The van der Waals surface area contributed by atoms with Gasteiger partial charge in [-0.05, 0) is 31.6 Å². The third-order valence-corrected chi connectivity index (χ3v) is 3.41. The molecule has 4 heteroatoms. The maximum absolute atomic E-state index is 11.4. The van der Waals surface area contributed by atoms with Crippen molar-refractivity contribution in [3.8, 4) is 0 Å². The number of hydrogen-bond acceptors (Lipinski definition) is 4. The van der Waals surface area contributed by atoms with Crippen LogP contribution in [0.1, 0.15) is 46.5 Å². The molecule has 2 atom stereocenters. The van der Waals surface area contributed by atoms with Gasteiger partial charge >= 0.3 is 0 Å². The Morgan fingerprint density at radius 1 is 1.28 bits per heavy atom. The smallest absolute Gasteiger partial charge is 0.161 e. The van der Waals surface area contributed by atoms with Gasteiger partial charge in [0.2, 0.25) is 0 Å². The second kappa shape index (κ2) is 7.67. The van der Waals surface area contributed by atoms with Crippen LogP contribution in [0.25, 0.3) is 0 Å². The molecule has 3 N–H and O–H groups in total. The Morgan fingerprint density at radius 2 is 1.83 bits per heavy atom. The summed E-state index contributed by atoms with van der Waals surface area (Å²) in [5.74, 6) is -0.161. The highest BCUT2D eigenvalue weighted by molar-refractivity contribution is 5.82. The van der Waals surface area contributed by atoms with Crippen molar-refractivity contribution in [2.24, 2.45) is 5.41 Å². The predicted molar refractivity (Wildman–Crippen MR) is 71.2 cm³/mol. The maximum atomic E-state index is 11.4. The first-order chi connectivity index (χ1) is 8.20. The molecule has 0 aromatic rings. The van der Waals surface area contributed by atoms with Crippen molar-refractivity contribution in [3.05, 3.63) is 12.2 Å². The van der Waals surface area contributed by atoms with Crippen LogP contribution in [-0.2, 0) is 4.79 Å². The third-order valence-electron chi connectivity index (χ3n) is 3.41. The summed E-state index contributed by atoms with van der Waals surface area (Å²) in [6.07, 6.45) is 0.430. The van der Waals surface area contributed by atoms with Gasteiger partial charge in [-0.25, -0.2) is 0 Å². The number of rotatable bonds is 9. The molecule has 0 unspecified atom stereocenters. The summed E-state index contributed by atoms with van der Waals surface area (Å²) in [5, 5.41) is 27.2. The molecule has 0 saturated heterocycles. The summed E-state index contributed by atoms with van der Waals surface area (Å²) in [6, 6.07) is 0. The van der Waals surface area contributed by atoms with Crippen LogP contribution in [0.5, 0.6) is 0 Å². The van der Waals surface area contributed by atoms with E-state index < -0.39 is 12.2 Å². The number of carbonyl (C=O) groups excluding carboxylic acids is 1. The zero-order valence-corrected chi connectivity index (χ0v) is 11.6. The van der Waals surface area contributed by atoms with Crippen molar-refractivity contribution < 1.29 is 20.1 Å². The Hall–Kier alpha value is -0.710. The molecule has 0 amide bonds. The van der Waals surface area contributed by atoms with Gasteiger partial charge in [0, 0.05) is 6.42 Å². The first-order valence-corrected chi connectivity index (χ1v) is 6.38. The van der Waals surface area contributed by atoms with Crippen LogP contribution in [0.3, 0.4) is 0 Å². The van der Waals surface area contributed by atoms with E-state index in [4.69, 9.17) is 10.2 Å². The topological polar surface area (TPSA) is 77.8 Å². The summed E-state index contributed by atoms with van der Waals surface area (Å²) in [5.41, 5.74) is 0.744. The van der Waals surface area contributed by atoms with E-state index in [2.05, 4.69) is 6.58 Å². The van der Waals surface area contributed by atoms with Crippen LogP contribution in [0.15, 0.2) is 12.2 Å². The molecule has 18 heavy (non-hydrogen) atoms. The van der Waals surface area contributed by atoms with Crippen molar-refractivity contribution in [1.82, 2.24) is 0 Å². The molecule has 0 saturated carbocycles. The average molecular weight is 258 g/mol. The van der Waals surface area contributed by atoms with Crippen molar-refractivity contribution in [2.45, 2.75) is 58.7 Å². The highest BCUT2D eigenvalue weighted by Gasteiger charge is 2.24. The van der Waals surface area contributed by atoms with E-state index in [9.17, 15) is 9.90 Å². The Morgan fingerprint density at radius 3 is 2.28 bits per heavy atom. The molecule has 0 aliphatic rings. The van der Waals surface area contributed by atoms with E-state index in [-0.39, 0.29) is 17.8 Å². The zero-order chi connectivity index (χ0) is 14.3. The number of hydrogen-bond donors (Lipinski definition) is 3. The fourth-order valence-corrected chi connectivity index (χ4v) is 1.59. The summed E-state index contributed by atoms with van der Waals surface area (Å²) in [6.45, 7) is 9.21. The lowest BCUT2D eigenvalue weighted by Gasteiger charge is -2.28. The molecular formula is C14H26O4. The molecule has 0 fully saturated rings. The zero-order valence-electron chi connectivity index (χ0n) is 11.6. The Balaban J connectivity index is 4.19. The summed E-state index contributed by atoms with van der Waals surface area (Å²) < 4.78 is 0. The fraction of sp³-hybridized carbons (Fsp3) is 0.786. The predicted octanol–water partition coefficient (Wildman–Crippen LogP) is 1.43. The number of ketones is 1. The van der Waals surface area contributed by atoms with Crippen molar-refractivity contribution in [2.75, 3.05) is 6.61 Å². The van der Waals surface area contributed by atoms with Crippen LogP contribution in [0.4, 0.5) is 0 Å². The Bertz CT molecular complexity index is 282. The highest BCUT2D eigenvalue weighted by Crippen LogP contribution is 2.33. The van der Waals surface area contributed by atoms with Gasteiger partial charge in [0.1, 0.15) is 6.10 Å². The number of Topliss-reactive ketones (excluding diaryl/α,β-unsaturated/α-hetero) is 1. The molecule has 0 aromatic heterocycles. The van der Waals surface area contributed by atoms with E-state index in [1.54, 1.807) is 0 Å². The molecule has 0 aliphatic heterocycles. The van der Waals surface area contributed by atoms with Crippen LogP contribution in [0, 0.1) is 5.41 Å². The number of aliphatic hydroxyl groups is 3. The van der Waals surface area contributed by atoms with E-state index in [1.165, 1.54) is 6.92 Å². The lowest BCUT2D eigenvalue weighted by atomic mass is 9.78. The second-order valence-electron chi connectivity index (χ2n) is 5.50. The molecule has 0 rings (SSSR count). The van der Waals surface area contributed by atoms with E-state index in [0.717, 1.165) is 5.57 Å². The quantitative estimate of drug-likeness (QED) is 0.547. The first-order valence-electron chi connectivity index (χ1n) is 6.38. The minimum Gasteiger partial charge on any atom is -0.394 e. The number of allylic oxidation sites excluding steroid dienone is 1. The molecule has 0 bridgehead atoms. The van der Waals surface area contributed by atoms with Gasteiger partial charge in [0.15, 0.2) is 5.78 Å². The summed E-state index contributed by atoms with van der Waals surface area (Å²) >= 11 is 0. The van der Waals surface area contributed by atoms with Crippen molar-refractivity contribution in [3.63, 3.8) is 0 Å². The van der Waals surface area contributed by atoms with Gasteiger partial charge in [-0.3, -0.25) is 4.79 Å². The molecular weight excluding hydrogens is 232 g/mol. The minimum absolute atomic E-state index is 0.161. The maximum Gasteiger partial charge on any atom is 0.161 e. The SMILES string of the molecule is C=C(CC[C@H](O)CO)C(C)(C)CCC(=O)[C@H](C)O. The highest BCUT2D eigenvalue weighted by atomic mass is 16.3. The Labute approximate surface area is 109 Å². The van der Waals surface area contributed by atoms with Gasteiger partial charge in [-0.1, -0.05) is 26.0 Å². The van der Waals surface area contributed by atoms with Crippen LogP contribution >= 0.6 is 0 Å². The van der Waals surface area contributed by atoms with E-state index in [0.29, 0.717) is 25.7 Å². The normalized spacial score (nSPS) is 15.2. The molecule has 4 nitrogen and oxygen atoms in total. The average Bonchev–Trinajstić information content (AvgIpc) is 2.32. The van der Waals surface area contributed by atoms with Gasteiger partial charge < -0.3 is 15.3 Å². The lowest BCUT2D eigenvalue weighted by molar-refractivity contribution is -0.126. The minimum atomic E-state index is -0.912. The first kappa shape index (κ1) is 17.3. The molecule has 0 radical (unpaired) electrons. The Kier molecular flexibility index (Phi) is 7.36. The molecule has 0 heterocycles. The van der Waals surface area contributed by atoms with Gasteiger partial charge in [-0.2, -0.15) is 0 Å². The van der Waals surface area contributed by atoms with Crippen LogP contribution in [0.2, 0.25) is 0 Å². The number of carbonyl (C=O) groups is 1. The van der Waals surface area contributed by atoms with E-state index >= 15 is 0 Å². The standard InChI is InChI=1S/C14H26O4/c1-10(5-6-12(17)9-15)14(3,4)8-7-13(18)11(2)16/h11-12,15-17H,1,5-9H2,2-4H3/t11-,12-/m0/s1. The van der Waals surface area contributed by atoms with Crippen LogP contribution in [-0.4, -0.2) is 39.9 Å². The monoisotopic (exact) mass is 258 g/mol. The largest absolute Gasteiger partial charge is 0.394 e. The van der Waals surface area contributed by atoms with E-state index in [1.807, 2.05) is 13.8 Å². The molecule has 106 valence electrons. The van der Waals surface area contributed by atoms with Gasteiger partial charge in [0.05, 0.1) is 12.7 Å². The summed E-state index contributed by atoms with van der Waals surface area (Å²) in [7, 11) is 0.